The zero-order chi connectivity index (χ0) is 25.8. The standard InChI is InChI=1S/C25H21ClFN5O4/c1-15(2)14-36-25-29-23(19-5-3-4-6-21(19)27)31(30-25)18-10-8-17(9-11-18)28-24(33)16-7-12-20(26)22(13-16)32(34)35/h3-13,15H,14H2,1-2H3,(H,28,33). The fourth-order valence-electron chi connectivity index (χ4n) is 3.28. The minimum Gasteiger partial charge on any atom is -0.462 e. The van der Waals surface area contributed by atoms with Gasteiger partial charge in [0.25, 0.3) is 11.6 Å². The molecule has 36 heavy (non-hydrogen) atoms. The summed E-state index contributed by atoms with van der Waals surface area (Å²) in [5, 5.41) is 18.1. The van der Waals surface area contributed by atoms with E-state index in [4.69, 9.17) is 16.3 Å². The highest BCUT2D eigenvalue weighted by molar-refractivity contribution is 6.32. The van der Waals surface area contributed by atoms with Crippen molar-refractivity contribution >= 4 is 28.9 Å². The fraction of sp³-hybridized carbons (Fsp3) is 0.160. The van der Waals surface area contributed by atoms with Crippen LogP contribution in [0.2, 0.25) is 5.02 Å². The van der Waals surface area contributed by atoms with E-state index in [1.54, 1.807) is 42.5 Å². The van der Waals surface area contributed by atoms with Crippen LogP contribution in [0, 0.1) is 21.8 Å². The van der Waals surface area contributed by atoms with Crippen molar-refractivity contribution in [2.45, 2.75) is 13.8 Å². The van der Waals surface area contributed by atoms with Gasteiger partial charge in [0.15, 0.2) is 5.82 Å². The van der Waals surface area contributed by atoms with E-state index in [1.807, 2.05) is 13.8 Å². The number of benzene rings is 3. The van der Waals surface area contributed by atoms with Gasteiger partial charge in [-0.3, -0.25) is 14.9 Å². The Bertz CT molecular complexity index is 1420. The summed E-state index contributed by atoms with van der Waals surface area (Å²) in [6.07, 6.45) is 0. The van der Waals surface area contributed by atoms with Gasteiger partial charge < -0.3 is 10.1 Å². The molecule has 0 saturated heterocycles. The van der Waals surface area contributed by atoms with Gasteiger partial charge in [-0.1, -0.05) is 37.6 Å². The lowest BCUT2D eigenvalue weighted by Gasteiger charge is -2.09. The maximum atomic E-state index is 14.5. The number of nitrogens with zero attached hydrogens (tertiary/aromatic N) is 4. The molecular formula is C25H21ClFN5O4. The summed E-state index contributed by atoms with van der Waals surface area (Å²) in [6.45, 7) is 4.38. The number of hydrogen-bond donors (Lipinski definition) is 1. The lowest BCUT2D eigenvalue weighted by atomic mass is 10.1. The van der Waals surface area contributed by atoms with Crippen molar-refractivity contribution in [1.29, 1.82) is 0 Å². The van der Waals surface area contributed by atoms with E-state index in [0.717, 1.165) is 6.07 Å². The van der Waals surface area contributed by atoms with E-state index >= 15 is 0 Å². The molecule has 0 fully saturated rings. The average Bonchev–Trinajstić information content (AvgIpc) is 3.27. The Labute approximate surface area is 210 Å². The van der Waals surface area contributed by atoms with E-state index in [1.165, 1.54) is 22.9 Å². The number of hydrogen-bond acceptors (Lipinski definition) is 6. The molecule has 1 N–H and O–H groups in total. The van der Waals surface area contributed by atoms with Crippen LogP contribution in [0.15, 0.2) is 66.7 Å². The Kier molecular flexibility index (Phi) is 7.25. The van der Waals surface area contributed by atoms with Crippen molar-refractivity contribution < 1.29 is 18.8 Å². The Hall–Kier alpha value is -4.31. The van der Waals surface area contributed by atoms with Gasteiger partial charge in [0.05, 0.1) is 22.8 Å². The van der Waals surface area contributed by atoms with Crippen LogP contribution in [0.3, 0.4) is 0 Å². The van der Waals surface area contributed by atoms with Crippen molar-refractivity contribution in [2.75, 3.05) is 11.9 Å². The molecule has 0 atom stereocenters. The fourth-order valence-corrected chi connectivity index (χ4v) is 3.46. The maximum Gasteiger partial charge on any atom is 0.336 e. The molecule has 1 heterocycles. The number of anilines is 1. The van der Waals surface area contributed by atoms with Gasteiger partial charge in [0.2, 0.25) is 0 Å². The van der Waals surface area contributed by atoms with E-state index in [9.17, 15) is 19.3 Å². The molecule has 1 amide bonds. The quantitative estimate of drug-likeness (QED) is 0.233. The van der Waals surface area contributed by atoms with Crippen LogP contribution < -0.4 is 10.1 Å². The van der Waals surface area contributed by atoms with Crippen LogP contribution in [0.25, 0.3) is 17.1 Å². The van der Waals surface area contributed by atoms with Crippen molar-refractivity contribution in [3.63, 3.8) is 0 Å². The number of halogens is 2. The number of nitro groups is 1. The second-order valence-electron chi connectivity index (χ2n) is 8.24. The highest BCUT2D eigenvalue weighted by Gasteiger charge is 2.19. The summed E-state index contributed by atoms with van der Waals surface area (Å²) in [5.74, 6) is -0.488. The highest BCUT2D eigenvalue weighted by Crippen LogP contribution is 2.28. The molecule has 4 rings (SSSR count). The van der Waals surface area contributed by atoms with Crippen molar-refractivity contribution in [3.05, 3.63) is 93.2 Å². The summed E-state index contributed by atoms with van der Waals surface area (Å²) >= 11 is 5.82. The largest absolute Gasteiger partial charge is 0.462 e. The third-order valence-corrected chi connectivity index (χ3v) is 5.34. The number of nitrogens with one attached hydrogen (secondary N) is 1. The normalized spacial score (nSPS) is 10.9. The van der Waals surface area contributed by atoms with Crippen LogP contribution in [0.5, 0.6) is 6.01 Å². The number of amides is 1. The first-order valence-electron chi connectivity index (χ1n) is 10.9. The van der Waals surface area contributed by atoms with E-state index in [2.05, 4.69) is 15.4 Å². The lowest BCUT2D eigenvalue weighted by molar-refractivity contribution is -0.384. The molecular weight excluding hydrogens is 489 g/mol. The Balaban J connectivity index is 1.61. The van der Waals surface area contributed by atoms with E-state index in [0.29, 0.717) is 18.0 Å². The summed E-state index contributed by atoms with van der Waals surface area (Å²) in [7, 11) is 0. The number of carbonyl (C=O) groups excluding carboxylic acids is 1. The molecule has 0 unspecified atom stereocenters. The second-order valence-corrected chi connectivity index (χ2v) is 8.65. The van der Waals surface area contributed by atoms with Crippen LogP contribution in [-0.2, 0) is 0 Å². The van der Waals surface area contributed by atoms with Crippen molar-refractivity contribution in [1.82, 2.24) is 14.8 Å². The molecule has 0 bridgehead atoms. The number of carbonyl (C=O) groups is 1. The van der Waals surface area contributed by atoms with E-state index < -0.39 is 16.6 Å². The molecule has 1 aromatic heterocycles. The van der Waals surface area contributed by atoms with Gasteiger partial charge in [0.1, 0.15) is 10.8 Å². The molecule has 0 spiro atoms. The number of nitro benzene ring substituents is 1. The summed E-state index contributed by atoms with van der Waals surface area (Å²) in [6, 6.07) is 16.7. The SMILES string of the molecule is CC(C)COc1nc(-c2ccccc2F)n(-c2ccc(NC(=O)c3ccc(Cl)c([N+](=O)[O-])c3)cc2)n1. The third-order valence-electron chi connectivity index (χ3n) is 5.02. The van der Waals surface area contributed by atoms with Gasteiger partial charge in [-0.15, -0.1) is 5.10 Å². The number of aromatic nitrogens is 3. The summed E-state index contributed by atoms with van der Waals surface area (Å²) < 4.78 is 21.7. The molecule has 4 aromatic rings. The molecule has 3 aromatic carbocycles. The first kappa shape index (κ1) is 24.8. The maximum absolute atomic E-state index is 14.5. The molecule has 0 radical (unpaired) electrons. The molecule has 9 nitrogen and oxygen atoms in total. The number of rotatable bonds is 8. The predicted octanol–water partition coefficient (Wildman–Crippen LogP) is 5.92. The average molecular weight is 510 g/mol. The minimum absolute atomic E-state index is 0.0591. The lowest BCUT2D eigenvalue weighted by Crippen LogP contribution is -2.12. The van der Waals surface area contributed by atoms with Gasteiger partial charge in [0, 0.05) is 17.3 Å². The Morgan fingerprint density at radius 2 is 1.89 bits per heavy atom. The van der Waals surface area contributed by atoms with Crippen molar-refractivity contribution in [3.8, 4) is 23.1 Å². The second kappa shape index (κ2) is 10.5. The first-order valence-corrected chi connectivity index (χ1v) is 11.3. The minimum atomic E-state index is -0.654. The van der Waals surface area contributed by atoms with Crippen LogP contribution in [-0.4, -0.2) is 32.2 Å². The third kappa shape index (κ3) is 5.49. The summed E-state index contributed by atoms with van der Waals surface area (Å²) in [4.78, 5) is 27.4. The van der Waals surface area contributed by atoms with Gasteiger partial charge in [-0.2, -0.15) is 4.98 Å². The Morgan fingerprint density at radius 3 is 2.56 bits per heavy atom. The molecule has 11 heteroatoms. The van der Waals surface area contributed by atoms with Gasteiger partial charge in [-0.05, 0) is 54.4 Å². The van der Waals surface area contributed by atoms with Gasteiger partial charge >= 0.3 is 6.01 Å². The monoisotopic (exact) mass is 509 g/mol. The Morgan fingerprint density at radius 1 is 1.17 bits per heavy atom. The summed E-state index contributed by atoms with van der Waals surface area (Å²) in [5.41, 5.74) is 0.971. The van der Waals surface area contributed by atoms with Crippen LogP contribution in [0.4, 0.5) is 15.8 Å². The van der Waals surface area contributed by atoms with Gasteiger partial charge in [-0.25, -0.2) is 9.07 Å². The topological polar surface area (TPSA) is 112 Å². The molecule has 184 valence electrons. The van der Waals surface area contributed by atoms with E-state index in [-0.39, 0.29) is 39.6 Å². The number of ether oxygens (including phenoxy) is 1. The highest BCUT2D eigenvalue weighted by atomic mass is 35.5. The molecule has 0 aliphatic rings. The van der Waals surface area contributed by atoms with Crippen LogP contribution in [0.1, 0.15) is 24.2 Å². The molecule has 0 aliphatic carbocycles. The molecule has 0 saturated carbocycles. The zero-order valence-electron chi connectivity index (χ0n) is 19.3. The predicted molar refractivity (Wildman–Crippen MR) is 133 cm³/mol. The zero-order valence-corrected chi connectivity index (χ0v) is 20.1. The smallest absolute Gasteiger partial charge is 0.336 e. The van der Waals surface area contributed by atoms with Crippen molar-refractivity contribution in [2.24, 2.45) is 5.92 Å². The molecule has 0 aliphatic heterocycles. The first-order chi connectivity index (χ1) is 17.2. The van der Waals surface area contributed by atoms with Crippen LogP contribution >= 0.6 is 11.6 Å².